The van der Waals surface area contributed by atoms with Crippen LogP contribution in [0, 0.1) is 6.92 Å². The maximum Gasteiger partial charge on any atom is 0.251 e. The van der Waals surface area contributed by atoms with Crippen LogP contribution in [0.15, 0.2) is 36.7 Å². The molecule has 1 aliphatic heterocycles. The molecule has 0 saturated carbocycles. The number of benzene rings is 1. The summed E-state index contributed by atoms with van der Waals surface area (Å²) in [5.74, 6) is -0.00956. The normalized spacial score (nSPS) is 15.3. The van der Waals surface area contributed by atoms with Crippen LogP contribution in [0.4, 0.5) is 0 Å². The van der Waals surface area contributed by atoms with Gasteiger partial charge in [0.1, 0.15) is 6.54 Å². The molecule has 0 unspecified atom stereocenters. The number of hydrogen-bond acceptors (Lipinski definition) is 4. The van der Waals surface area contributed by atoms with Gasteiger partial charge in [-0.15, -0.1) is 5.10 Å². The quantitative estimate of drug-likeness (QED) is 0.909. The van der Waals surface area contributed by atoms with Crippen LogP contribution in [-0.4, -0.2) is 50.8 Å². The molecule has 24 heavy (non-hydrogen) atoms. The molecule has 1 fully saturated rings. The van der Waals surface area contributed by atoms with E-state index >= 15 is 0 Å². The number of aromatic nitrogens is 3. The van der Waals surface area contributed by atoms with Gasteiger partial charge < -0.3 is 10.2 Å². The van der Waals surface area contributed by atoms with Crippen LogP contribution in [-0.2, 0) is 11.3 Å². The van der Waals surface area contributed by atoms with E-state index in [9.17, 15) is 9.59 Å². The Morgan fingerprint density at radius 3 is 2.67 bits per heavy atom. The molecule has 0 bridgehead atoms. The van der Waals surface area contributed by atoms with Gasteiger partial charge in [-0.05, 0) is 31.4 Å². The SMILES string of the molecule is Cc1ccccc1C(=O)NC1CCN(C(=O)Cn2ccnn2)CC1. The van der Waals surface area contributed by atoms with E-state index in [0.29, 0.717) is 18.7 Å². The van der Waals surface area contributed by atoms with E-state index in [1.54, 1.807) is 12.4 Å². The predicted octanol–water partition coefficient (Wildman–Crippen LogP) is 1.01. The Bertz CT molecular complexity index is 706. The van der Waals surface area contributed by atoms with Crippen LogP contribution in [0.2, 0.25) is 0 Å². The van der Waals surface area contributed by atoms with Gasteiger partial charge in [0, 0.05) is 30.9 Å². The number of piperidine rings is 1. The van der Waals surface area contributed by atoms with E-state index in [2.05, 4.69) is 15.6 Å². The summed E-state index contributed by atoms with van der Waals surface area (Å²) in [7, 11) is 0. The van der Waals surface area contributed by atoms with Crippen LogP contribution in [0.3, 0.4) is 0 Å². The second kappa shape index (κ2) is 7.25. The van der Waals surface area contributed by atoms with Crippen molar-refractivity contribution >= 4 is 11.8 Å². The van der Waals surface area contributed by atoms with Crippen molar-refractivity contribution in [2.24, 2.45) is 0 Å². The summed E-state index contributed by atoms with van der Waals surface area (Å²) in [6.07, 6.45) is 4.76. The first-order chi connectivity index (χ1) is 11.6. The van der Waals surface area contributed by atoms with Crippen LogP contribution in [0.1, 0.15) is 28.8 Å². The second-order valence-electron chi connectivity index (χ2n) is 6.04. The van der Waals surface area contributed by atoms with Crippen LogP contribution >= 0.6 is 0 Å². The molecule has 2 aromatic rings. The minimum atomic E-state index is -0.0412. The molecule has 7 nitrogen and oxygen atoms in total. The maximum atomic E-state index is 12.4. The zero-order valence-electron chi connectivity index (χ0n) is 13.7. The predicted molar refractivity (Wildman–Crippen MR) is 88.3 cm³/mol. The first-order valence-electron chi connectivity index (χ1n) is 8.12. The van der Waals surface area contributed by atoms with Crippen molar-refractivity contribution in [1.82, 2.24) is 25.2 Å². The third-order valence-electron chi connectivity index (χ3n) is 4.34. The number of hydrogen-bond donors (Lipinski definition) is 1. The average molecular weight is 327 g/mol. The van der Waals surface area contributed by atoms with Gasteiger partial charge in [0.15, 0.2) is 0 Å². The summed E-state index contributed by atoms with van der Waals surface area (Å²) in [6.45, 7) is 3.43. The monoisotopic (exact) mass is 327 g/mol. The van der Waals surface area contributed by atoms with E-state index in [1.165, 1.54) is 4.68 Å². The number of aryl methyl sites for hydroxylation is 1. The van der Waals surface area contributed by atoms with Gasteiger partial charge in [-0.25, -0.2) is 4.68 Å². The van der Waals surface area contributed by atoms with E-state index in [0.717, 1.165) is 18.4 Å². The highest BCUT2D eigenvalue weighted by molar-refractivity contribution is 5.95. The zero-order valence-corrected chi connectivity index (χ0v) is 13.7. The molecule has 7 heteroatoms. The standard InChI is InChI=1S/C17H21N5O2/c1-13-4-2-3-5-15(13)17(24)19-14-6-9-21(10-7-14)16(23)12-22-11-8-18-20-22/h2-5,8,11,14H,6-7,9-10,12H2,1H3,(H,19,24). The Morgan fingerprint density at radius 1 is 1.25 bits per heavy atom. The van der Waals surface area contributed by atoms with Gasteiger partial charge in [0.2, 0.25) is 5.91 Å². The van der Waals surface area contributed by atoms with Crippen molar-refractivity contribution in [2.75, 3.05) is 13.1 Å². The fourth-order valence-electron chi connectivity index (χ4n) is 2.92. The highest BCUT2D eigenvalue weighted by Crippen LogP contribution is 2.13. The highest BCUT2D eigenvalue weighted by atomic mass is 16.2. The largest absolute Gasteiger partial charge is 0.349 e. The van der Waals surface area contributed by atoms with Crippen LogP contribution in [0.25, 0.3) is 0 Å². The lowest BCUT2D eigenvalue weighted by atomic mass is 10.0. The molecule has 1 aromatic heterocycles. The molecule has 1 aliphatic rings. The van der Waals surface area contributed by atoms with Crippen molar-refractivity contribution in [3.8, 4) is 0 Å². The molecule has 1 saturated heterocycles. The van der Waals surface area contributed by atoms with Crippen molar-refractivity contribution < 1.29 is 9.59 Å². The number of carbonyl (C=O) groups is 2. The van der Waals surface area contributed by atoms with Crippen molar-refractivity contribution in [1.29, 1.82) is 0 Å². The number of nitrogens with zero attached hydrogens (tertiary/aromatic N) is 4. The van der Waals surface area contributed by atoms with Gasteiger partial charge in [-0.2, -0.15) is 0 Å². The number of likely N-dealkylation sites (tertiary alicyclic amines) is 1. The number of nitrogens with one attached hydrogen (secondary N) is 1. The lowest BCUT2D eigenvalue weighted by Crippen LogP contribution is -2.47. The molecule has 126 valence electrons. The first-order valence-corrected chi connectivity index (χ1v) is 8.12. The molecule has 2 heterocycles. The van der Waals surface area contributed by atoms with Crippen LogP contribution in [0.5, 0.6) is 0 Å². The summed E-state index contributed by atoms with van der Waals surface area (Å²) in [5, 5.41) is 10.6. The Kier molecular flexibility index (Phi) is 4.88. The molecule has 0 aliphatic carbocycles. The lowest BCUT2D eigenvalue weighted by Gasteiger charge is -2.32. The zero-order chi connectivity index (χ0) is 16.9. The number of carbonyl (C=O) groups excluding carboxylic acids is 2. The van der Waals surface area contributed by atoms with E-state index in [4.69, 9.17) is 0 Å². The molecule has 1 N–H and O–H groups in total. The molecule has 0 spiro atoms. The number of rotatable bonds is 4. The molecular weight excluding hydrogens is 306 g/mol. The fourth-order valence-corrected chi connectivity index (χ4v) is 2.92. The smallest absolute Gasteiger partial charge is 0.251 e. The third-order valence-corrected chi connectivity index (χ3v) is 4.34. The molecule has 0 radical (unpaired) electrons. The Morgan fingerprint density at radius 2 is 2.00 bits per heavy atom. The Balaban J connectivity index is 1.49. The minimum absolute atomic E-state index is 0.0316. The van der Waals surface area contributed by atoms with Gasteiger partial charge in [-0.1, -0.05) is 23.4 Å². The van der Waals surface area contributed by atoms with Crippen molar-refractivity contribution in [3.63, 3.8) is 0 Å². The fraction of sp³-hybridized carbons (Fsp3) is 0.412. The second-order valence-corrected chi connectivity index (χ2v) is 6.04. The summed E-state index contributed by atoms with van der Waals surface area (Å²) in [6, 6.07) is 7.66. The van der Waals surface area contributed by atoms with Gasteiger partial charge in [0.05, 0.1) is 6.20 Å². The summed E-state index contributed by atoms with van der Waals surface area (Å²) >= 11 is 0. The molecule has 0 atom stereocenters. The lowest BCUT2D eigenvalue weighted by molar-refractivity contribution is -0.133. The first kappa shape index (κ1) is 16.2. The average Bonchev–Trinajstić information content (AvgIpc) is 3.08. The highest BCUT2D eigenvalue weighted by Gasteiger charge is 2.24. The summed E-state index contributed by atoms with van der Waals surface area (Å²) in [5.41, 5.74) is 1.68. The van der Waals surface area contributed by atoms with Crippen molar-refractivity contribution in [2.45, 2.75) is 32.4 Å². The topological polar surface area (TPSA) is 80.1 Å². The summed E-state index contributed by atoms with van der Waals surface area (Å²) < 4.78 is 1.52. The summed E-state index contributed by atoms with van der Waals surface area (Å²) in [4.78, 5) is 26.4. The molecular formula is C17H21N5O2. The number of amides is 2. The maximum absolute atomic E-state index is 12.4. The van der Waals surface area contributed by atoms with E-state index < -0.39 is 0 Å². The van der Waals surface area contributed by atoms with Gasteiger partial charge >= 0.3 is 0 Å². The van der Waals surface area contributed by atoms with Crippen LogP contribution < -0.4 is 5.32 Å². The molecule has 2 amide bonds. The third kappa shape index (κ3) is 3.79. The van der Waals surface area contributed by atoms with Gasteiger partial charge in [0.25, 0.3) is 5.91 Å². The Hall–Kier alpha value is -2.70. The van der Waals surface area contributed by atoms with Crippen molar-refractivity contribution in [3.05, 3.63) is 47.8 Å². The molecule has 1 aromatic carbocycles. The van der Waals surface area contributed by atoms with E-state index in [1.807, 2.05) is 36.1 Å². The molecule has 3 rings (SSSR count). The van der Waals surface area contributed by atoms with Gasteiger partial charge in [-0.3, -0.25) is 9.59 Å². The van der Waals surface area contributed by atoms with E-state index in [-0.39, 0.29) is 24.4 Å². The minimum Gasteiger partial charge on any atom is -0.349 e. The Labute approximate surface area is 140 Å².